The lowest BCUT2D eigenvalue weighted by molar-refractivity contribution is 0.917. The van der Waals surface area contributed by atoms with Gasteiger partial charge in [-0.05, 0) is 6.92 Å². The van der Waals surface area contributed by atoms with Crippen LogP contribution in [0.1, 0.15) is 10.8 Å². The van der Waals surface area contributed by atoms with Crippen molar-refractivity contribution in [1.82, 2.24) is 20.2 Å². The van der Waals surface area contributed by atoms with Gasteiger partial charge in [0.25, 0.3) is 0 Å². The van der Waals surface area contributed by atoms with Crippen molar-refractivity contribution in [1.29, 1.82) is 0 Å². The van der Waals surface area contributed by atoms with Gasteiger partial charge in [-0.25, -0.2) is 9.97 Å². The van der Waals surface area contributed by atoms with E-state index in [-0.39, 0.29) is 0 Å². The van der Waals surface area contributed by atoms with Crippen molar-refractivity contribution in [3.63, 3.8) is 0 Å². The van der Waals surface area contributed by atoms with Crippen molar-refractivity contribution in [3.05, 3.63) is 16.2 Å². The van der Waals surface area contributed by atoms with Gasteiger partial charge in [0.05, 0.1) is 11.6 Å². The Balaban J connectivity index is 2.35. The van der Waals surface area contributed by atoms with Gasteiger partial charge in [0, 0.05) is 5.38 Å². The second-order valence-electron chi connectivity index (χ2n) is 2.56. The first-order chi connectivity index (χ1) is 6.29. The Morgan fingerprint density at radius 3 is 2.92 bits per heavy atom. The van der Waals surface area contributed by atoms with Crippen molar-refractivity contribution in [2.24, 2.45) is 5.73 Å². The fourth-order valence-electron chi connectivity index (χ4n) is 0.967. The number of thiazole rings is 1. The highest BCUT2D eigenvalue weighted by Crippen LogP contribution is 2.17. The molecule has 0 aliphatic carbocycles. The van der Waals surface area contributed by atoms with E-state index in [1.54, 1.807) is 11.3 Å². The summed E-state index contributed by atoms with van der Waals surface area (Å²) in [7, 11) is 0. The molecule has 0 aromatic carbocycles. The first-order valence-electron chi connectivity index (χ1n) is 3.83. The standard InChI is InChI=1S/C7H9N5S/c1-4-9-5(3-13-4)7-10-6(2-8)11-12-7/h3H,2,8H2,1H3,(H,10,11,12). The van der Waals surface area contributed by atoms with Crippen LogP contribution >= 0.6 is 11.3 Å². The minimum atomic E-state index is 0.371. The molecule has 0 aliphatic heterocycles. The third-order valence-corrected chi connectivity index (χ3v) is 2.35. The minimum Gasteiger partial charge on any atom is -0.324 e. The summed E-state index contributed by atoms with van der Waals surface area (Å²) in [6.07, 6.45) is 0. The second kappa shape index (κ2) is 3.23. The van der Waals surface area contributed by atoms with Gasteiger partial charge in [-0.2, -0.15) is 5.10 Å². The van der Waals surface area contributed by atoms with E-state index in [1.165, 1.54) is 0 Å². The highest BCUT2D eigenvalue weighted by molar-refractivity contribution is 7.09. The zero-order valence-electron chi connectivity index (χ0n) is 7.11. The van der Waals surface area contributed by atoms with Crippen LogP contribution in [-0.2, 0) is 6.54 Å². The minimum absolute atomic E-state index is 0.371. The maximum atomic E-state index is 5.39. The van der Waals surface area contributed by atoms with Crippen molar-refractivity contribution < 1.29 is 0 Å². The number of nitrogens with zero attached hydrogens (tertiary/aromatic N) is 3. The molecule has 68 valence electrons. The van der Waals surface area contributed by atoms with E-state index < -0.39 is 0 Å². The number of nitrogens with two attached hydrogens (primary N) is 1. The average molecular weight is 195 g/mol. The number of aromatic amines is 1. The van der Waals surface area contributed by atoms with Gasteiger partial charge in [-0.3, -0.25) is 5.10 Å². The van der Waals surface area contributed by atoms with E-state index in [0.717, 1.165) is 10.7 Å². The second-order valence-corrected chi connectivity index (χ2v) is 3.62. The molecule has 0 unspecified atom stereocenters. The highest BCUT2D eigenvalue weighted by Gasteiger charge is 2.07. The summed E-state index contributed by atoms with van der Waals surface area (Å²) in [5, 5.41) is 9.68. The topological polar surface area (TPSA) is 80.5 Å². The quantitative estimate of drug-likeness (QED) is 0.739. The zero-order chi connectivity index (χ0) is 9.26. The van der Waals surface area contributed by atoms with E-state index in [9.17, 15) is 0 Å². The normalized spacial score (nSPS) is 10.6. The van der Waals surface area contributed by atoms with Gasteiger partial charge in [-0.1, -0.05) is 0 Å². The summed E-state index contributed by atoms with van der Waals surface area (Å²) in [6, 6.07) is 0. The Kier molecular flexibility index (Phi) is 2.07. The molecule has 0 spiro atoms. The lowest BCUT2D eigenvalue weighted by Gasteiger charge is -1.84. The van der Waals surface area contributed by atoms with Crippen LogP contribution in [-0.4, -0.2) is 20.2 Å². The first kappa shape index (κ1) is 8.33. The van der Waals surface area contributed by atoms with Crippen LogP contribution < -0.4 is 5.73 Å². The molecular weight excluding hydrogens is 186 g/mol. The SMILES string of the molecule is Cc1nc(-c2n[nH]c(CN)n2)cs1. The lowest BCUT2D eigenvalue weighted by Crippen LogP contribution is -1.97. The molecule has 0 atom stereocenters. The molecule has 5 nitrogen and oxygen atoms in total. The van der Waals surface area contributed by atoms with Crippen LogP contribution in [0.15, 0.2) is 5.38 Å². The number of aryl methyl sites for hydroxylation is 1. The molecule has 0 bridgehead atoms. The van der Waals surface area contributed by atoms with Gasteiger partial charge in [0.1, 0.15) is 11.5 Å². The molecule has 0 saturated heterocycles. The summed E-state index contributed by atoms with van der Waals surface area (Å²) >= 11 is 1.58. The summed E-state index contributed by atoms with van der Waals surface area (Å²) in [5.41, 5.74) is 6.20. The number of hydrogen-bond donors (Lipinski definition) is 2. The van der Waals surface area contributed by atoms with Crippen LogP contribution in [0.3, 0.4) is 0 Å². The van der Waals surface area contributed by atoms with Gasteiger partial charge in [0.15, 0.2) is 0 Å². The molecule has 0 saturated carbocycles. The molecule has 6 heteroatoms. The Bertz CT molecular complexity index is 404. The monoisotopic (exact) mass is 195 g/mol. The Morgan fingerprint density at radius 2 is 2.38 bits per heavy atom. The number of nitrogens with one attached hydrogen (secondary N) is 1. The first-order valence-corrected chi connectivity index (χ1v) is 4.71. The van der Waals surface area contributed by atoms with Crippen LogP contribution in [0, 0.1) is 6.92 Å². The number of H-pyrrole nitrogens is 1. The van der Waals surface area contributed by atoms with E-state index >= 15 is 0 Å². The Hall–Kier alpha value is -1.27. The summed E-state index contributed by atoms with van der Waals surface area (Å²) < 4.78 is 0. The van der Waals surface area contributed by atoms with Gasteiger partial charge < -0.3 is 5.73 Å². The lowest BCUT2D eigenvalue weighted by atomic mass is 10.5. The van der Waals surface area contributed by atoms with Gasteiger partial charge >= 0.3 is 0 Å². The predicted octanol–water partition coefficient (Wildman–Crippen LogP) is 0.695. The Morgan fingerprint density at radius 1 is 1.54 bits per heavy atom. The molecule has 3 N–H and O–H groups in total. The molecule has 0 radical (unpaired) electrons. The van der Waals surface area contributed by atoms with E-state index in [2.05, 4.69) is 20.2 Å². The van der Waals surface area contributed by atoms with Crippen molar-refractivity contribution in [2.45, 2.75) is 13.5 Å². The van der Waals surface area contributed by atoms with Gasteiger partial charge in [-0.15, -0.1) is 11.3 Å². The fourth-order valence-corrected chi connectivity index (χ4v) is 1.56. The maximum Gasteiger partial charge on any atom is 0.200 e. The summed E-state index contributed by atoms with van der Waals surface area (Å²) in [6.45, 7) is 2.32. The average Bonchev–Trinajstić information content (AvgIpc) is 2.71. The smallest absolute Gasteiger partial charge is 0.200 e. The third-order valence-electron chi connectivity index (χ3n) is 1.57. The van der Waals surface area contributed by atoms with E-state index in [4.69, 9.17) is 5.73 Å². The van der Waals surface area contributed by atoms with Crippen LogP contribution in [0.4, 0.5) is 0 Å². The van der Waals surface area contributed by atoms with Crippen LogP contribution in [0.5, 0.6) is 0 Å². The predicted molar refractivity (Wildman–Crippen MR) is 50.1 cm³/mol. The van der Waals surface area contributed by atoms with Gasteiger partial charge in [0.2, 0.25) is 5.82 Å². The van der Waals surface area contributed by atoms with Crippen LogP contribution in [0.25, 0.3) is 11.5 Å². The molecule has 13 heavy (non-hydrogen) atoms. The number of rotatable bonds is 2. The summed E-state index contributed by atoms with van der Waals surface area (Å²) in [4.78, 5) is 8.43. The molecule has 0 aliphatic rings. The molecule has 2 aromatic heterocycles. The third kappa shape index (κ3) is 1.58. The largest absolute Gasteiger partial charge is 0.324 e. The van der Waals surface area contributed by atoms with E-state index in [0.29, 0.717) is 18.2 Å². The number of aromatic nitrogens is 4. The molecule has 2 heterocycles. The zero-order valence-corrected chi connectivity index (χ0v) is 7.93. The van der Waals surface area contributed by atoms with Crippen molar-refractivity contribution in [3.8, 4) is 11.5 Å². The fraction of sp³-hybridized carbons (Fsp3) is 0.286. The Labute approximate surface area is 79.0 Å². The van der Waals surface area contributed by atoms with Crippen molar-refractivity contribution >= 4 is 11.3 Å². The maximum absolute atomic E-state index is 5.39. The molecule has 0 amide bonds. The molecule has 0 fully saturated rings. The highest BCUT2D eigenvalue weighted by atomic mass is 32.1. The van der Waals surface area contributed by atoms with Crippen LogP contribution in [0.2, 0.25) is 0 Å². The van der Waals surface area contributed by atoms with E-state index in [1.807, 2.05) is 12.3 Å². The summed E-state index contributed by atoms with van der Waals surface area (Å²) in [5.74, 6) is 1.30. The molecule has 2 rings (SSSR count). The molecule has 2 aromatic rings. The molecular formula is C7H9N5S. The van der Waals surface area contributed by atoms with Crippen molar-refractivity contribution in [2.75, 3.05) is 0 Å². The number of hydrogen-bond acceptors (Lipinski definition) is 5.